The first-order valence-electron chi connectivity index (χ1n) is 5.75. The molecule has 0 rings (SSSR count). The summed E-state index contributed by atoms with van der Waals surface area (Å²) in [6, 6.07) is 0. The summed E-state index contributed by atoms with van der Waals surface area (Å²) in [5, 5.41) is 10.7. The summed E-state index contributed by atoms with van der Waals surface area (Å²) in [6.07, 6.45) is 6.28. The predicted molar refractivity (Wildman–Crippen MR) is 63.2 cm³/mol. The summed E-state index contributed by atoms with van der Waals surface area (Å²) >= 11 is 0. The molecule has 0 heterocycles. The van der Waals surface area contributed by atoms with Gasteiger partial charge in [0.05, 0.1) is 0 Å². The number of amides is 1. The van der Waals surface area contributed by atoms with E-state index >= 15 is 0 Å². The molecule has 0 aromatic carbocycles. The van der Waals surface area contributed by atoms with E-state index in [0.29, 0.717) is 12.0 Å². The Balaban J connectivity index is 3.55. The standard InChI is InChI=1S/C12H21NO3/c1-3-4-5-6-7-8-10(2)12(16)13-9-11(14)15/h2-9H2,1H3,(H,13,16)(H,14,15). The third kappa shape index (κ3) is 8.03. The molecule has 0 saturated carbocycles. The fraction of sp³-hybridized carbons (Fsp3) is 0.667. The molecule has 0 aliphatic rings. The second kappa shape index (κ2) is 8.95. The molecule has 92 valence electrons. The maximum absolute atomic E-state index is 11.3. The molecule has 0 aliphatic carbocycles. The minimum Gasteiger partial charge on any atom is -0.480 e. The van der Waals surface area contributed by atoms with E-state index in [-0.39, 0.29) is 12.5 Å². The van der Waals surface area contributed by atoms with Crippen LogP contribution in [0.2, 0.25) is 0 Å². The van der Waals surface area contributed by atoms with Gasteiger partial charge in [-0.3, -0.25) is 9.59 Å². The Morgan fingerprint density at radius 2 is 1.81 bits per heavy atom. The van der Waals surface area contributed by atoms with Crippen LogP contribution >= 0.6 is 0 Å². The van der Waals surface area contributed by atoms with Crippen molar-refractivity contribution < 1.29 is 14.7 Å². The van der Waals surface area contributed by atoms with Crippen molar-refractivity contribution in [3.63, 3.8) is 0 Å². The monoisotopic (exact) mass is 227 g/mol. The Kier molecular flexibility index (Phi) is 8.21. The lowest BCUT2D eigenvalue weighted by Crippen LogP contribution is -2.30. The molecule has 1 amide bonds. The summed E-state index contributed by atoms with van der Waals surface area (Å²) in [5.41, 5.74) is 0.470. The van der Waals surface area contributed by atoms with E-state index in [1.807, 2.05) is 0 Å². The van der Waals surface area contributed by atoms with Gasteiger partial charge in [0.2, 0.25) is 5.91 Å². The topological polar surface area (TPSA) is 66.4 Å². The molecule has 0 atom stereocenters. The quantitative estimate of drug-likeness (QED) is 0.468. The van der Waals surface area contributed by atoms with Crippen molar-refractivity contribution in [2.24, 2.45) is 0 Å². The third-order valence-corrected chi connectivity index (χ3v) is 2.30. The largest absolute Gasteiger partial charge is 0.480 e. The van der Waals surface area contributed by atoms with Crippen LogP contribution in [0.1, 0.15) is 45.4 Å². The smallest absolute Gasteiger partial charge is 0.322 e. The highest BCUT2D eigenvalue weighted by atomic mass is 16.4. The molecule has 2 N–H and O–H groups in total. The summed E-state index contributed by atoms with van der Waals surface area (Å²) in [7, 11) is 0. The zero-order chi connectivity index (χ0) is 12.4. The molecular formula is C12H21NO3. The van der Waals surface area contributed by atoms with Crippen LogP contribution in [0.5, 0.6) is 0 Å². The van der Waals surface area contributed by atoms with Crippen molar-refractivity contribution in [1.82, 2.24) is 5.32 Å². The van der Waals surface area contributed by atoms with Crippen LogP contribution in [0.4, 0.5) is 0 Å². The number of carboxylic acids is 1. The lowest BCUT2D eigenvalue weighted by atomic mass is 10.1. The molecule has 0 fully saturated rings. The first-order valence-corrected chi connectivity index (χ1v) is 5.75. The number of unbranched alkanes of at least 4 members (excludes halogenated alkanes) is 4. The zero-order valence-corrected chi connectivity index (χ0v) is 9.92. The number of carboxylic acid groups (broad SMARTS) is 1. The normalized spacial score (nSPS) is 9.81. The number of hydrogen-bond acceptors (Lipinski definition) is 2. The molecule has 4 heteroatoms. The van der Waals surface area contributed by atoms with Crippen molar-refractivity contribution in [1.29, 1.82) is 0 Å². The van der Waals surface area contributed by atoms with E-state index in [1.54, 1.807) is 0 Å². The van der Waals surface area contributed by atoms with Gasteiger partial charge in [-0.1, -0.05) is 39.2 Å². The SMILES string of the molecule is C=C(CCCCCCC)C(=O)NCC(=O)O. The molecule has 0 spiro atoms. The summed E-state index contributed by atoms with van der Waals surface area (Å²) in [5.74, 6) is -1.39. The number of aliphatic carboxylic acids is 1. The zero-order valence-electron chi connectivity index (χ0n) is 9.92. The summed E-state index contributed by atoms with van der Waals surface area (Å²) in [6.45, 7) is 5.46. The van der Waals surface area contributed by atoms with Crippen LogP contribution in [0, 0.1) is 0 Å². The Bertz CT molecular complexity index is 249. The second-order valence-corrected chi connectivity index (χ2v) is 3.84. The van der Waals surface area contributed by atoms with Crippen LogP contribution in [-0.2, 0) is 9.59 Å². The number of carbonyl (C=O) groups excluding carboxylic acids is 1. The van der Waals surface area contributed by atoms with E-state index in [9.17, 15) is 9.59 Å². The molecule has 0 radical (unpaired) electrons. The molecule has 0 aliphatic heterocycles. The summed E-state index contributed by atoms with van der Waals surface area (Å²) in [4.78, 5) is 21.5. The average Bonchev–Trinajstić information content (AvgIpc) is 2.25. The van der Waals surface area contributed by atoms with Gasteiger partial charge < -0.3 is 10.4 Å². The highest BCUT2D eigenvalue weighted by molar-refractivity contribution is 5.94. The molecular weight excluding hydrogens is 206 g/mol. The number of hydrogen-bond donors (Lipinski definition) is 2. The molecule has 16 heavy (non-hydrogen) atoms. The van der Waals surface area contributed by atoms with Crippen molar-refractivity contribution in [2.75, 3.05) is 6.54 Å². The predicted octanol–water partition coefficient (Wildman–Crippen LogP) is 2.10. The summed E-state index contributed by atoms with van der Waals surface area (Å²) < 4.78 is 0. The van der Waals surface area contributed by atoms with Gasteiger partial charge in [0, 0.05) is 5.57 Å². The van der Waals surface area contributed by atoms with Crippen LogP contribution < -0.4 is 5.32 Å². The lowest BCUT2D eigenvalue weighted by molar-refractivity contribution is -0.137. The van der Waals surface area contributed by atoms with Crippen LogP contribution in [-0.4, -0.2) is 23.5 Å². The molecule has 4 nitrogen and oxygen atoms in total. The van der Waals surface area contributed by atoms with Gasteiger partial charge in [-0.15, -0.1) is 0 Å². The van der Waals surface area contributed by atoms with Gasteiger partial charge in [-0.05, 0) is 12.8 Å². The molecule has 0 aromatic rings. The lowest BCUT2D eigenvalue weighted by Gasteiger charge is -2.05. The van der Waals surface area contributed by atoms with Crippen LogP contribution in [0.3, 0.4) is 0 Å². The minimum absolute atomic E-state index is 0.340. The molecule has 0 unspecified atom stereocenters. The number of nitrogens with one attached hydrogen (secondary N) is 1. The number of rotatable bonds is 9. The first-order chi connectivity index (χ1) is 7.57. The van der Waals surface area contributed by atoms with E-state index in [0.717, 1.165) is 12.8 Å². The number of carbonyl (C=O) groups is 2. The second-order valence-electron chi connectivity index (χ2n) is 3.84. The van der Waals surface area contributed by atoms with Gasteiger partial charge in [0.1, 0.15) is 6.54 Å². The van der Waals surface area contributed by atoms with Gasteiger partial charge >= 0.3 is 5.97 Å². The van der Waals surface area contributed by atoms with E-state index in [2.05, 4.69) is 18.8 Å². The average molecular weight is 227 g/mol. The minimum atomic E-state index is -1.04. The van der Waals surface area contributed by atoms with E-state index in [4.69, 9.17) is 5.11 Å². The van der Waals surface area contributed by atoms with Crippen molar-refractivity contribution >= 4 is 11.9 Å². The fourth-order valence-electron chi connectivity index (χ4n) is 1.34. The third-order valence-electron chi connectivity index (χ3n) is 2.30. The van der Waals surface area contributed by atoms with Gasteiger partial charge in [0.25, 0.3) is 0 Å². The van der Waals surface area contributed by atoms with Crippen LogP contribution in [0.15, 0.2) is 12.2 Å². The van der Waals surface area contributed by atoms with E-state index in [1.165, 1.54) is 19.3 Å². The molecule has 0 aromatic heterocycles. The molecule has 0 bridgehead atoms. The van der Waals surface area contributed by atoms with Crippen molar-refractivity contribution in [3.05, 3.63) is 12.2 Å². The van der Waals surface area contributed by atoms with Gasteiger partial charge in [-0.2, -0.15) is 0 Å². The highest BCUT2D eigenvalue weighted by Gasteiger charge is 2.07. The first kappa shape index (κ1) is 14.7. The molecule has 0 saturated heterocycles. The Morgan fingerprint density at radius 1 is 1.19 bits per heavy atom. The van der Waals surface area contributed by atoms with Crippen LogP contribution in [0.25, 0.3) is 0 Å². The van der Waals surface area contributed by atoms with Crippen molar-refractivity contribution in [2.45, 2.75) is 45.4 Å². The Labute approximate surface area is 96.7 Å². The van der Waals surface area contributed by atoms with E-state index < -0.39 is 5.97 Å². The maximum atomic E-state index is 11.3. The highest BCUT2D eigenvalue weighted by Crippen LogP contribution is 2.09. The Morgan fingerprint density at radius 3 is 2.38 bits per heavy atom. The Hall–Kier alpha value is -1.32. The van der Waals surface area contributed by atoms with Crippen molar-refractivity contribution in [3.8, 4) is 0 Å². The fourth-order valence-corrected chi connectivity index (χ4v) is 1.34. The van der Waals surface area contributed by atoms with Gasteiger partial charge in [-0.25, -0.2) is 0 Å². The maximum Gasteiger partial charge on any atom is 0.322 e. The van der Waals surface area contributed by atoms with Gasteiger partial charge in [0.15, 0.2) is 0 Å².